The molecule has 0 spiro atoms. The van der Waals surface area contributed by atoms with Gasteiger partial charge < -0.3 is 10.8 Å². The van der Waals surface area contributed by atoms with Gasteiger partial charge in [0.25, 0.3) is 0 Å². The van der Waals surface area contributed by atoms with Crippen LogP contribution < -0.4 is 5.73 Å². The lowest BCUT2D eigenvalue weighted by atomic mass is 9.95. The second-order valence-corrected chi connectivity index (χ2v) is 4.06. The summed E-state index contributed by atoms with van der Waals surface area (Å²) in [6, 6.07) is 0. The molecular formula is C11H21NO2. The molecule has 0 radical (unpaired) electrons. The van der Waals surface area contributed by atoms with Crippen LogP contribution >= 0.6 is 0 Å². The van der Waals surface area contributed by atoms with Gasteiger partial charge in [0.1, 0.15) is 0 Å². The van der Waals surface area contributed by atoms with Gasteiger partial charge in [-0.25, -0.2) is 0 Å². The molecule has 0 aliphatic carbocycles. The average Bonchev–Trinajstić information content (AvgIpc) is 2.11. The molecule has 1 unspecified atom stereocenters. The monoisotopic (exact) mass is 199 g/mol. The zero-order chi connectivity index (χ0) is 11.1. The first-order valence-corrected chi connectivity index (χ1v) is 5.05. The molecule has 0 aromatic heterocycles. The minimum absolute atomic E-state index is 0.127. The van der Waals surface area contributed by atoms with Crippen LogP contribution in [-0.4, -0.2) is 17.6 Å². The summed E-state index contributed by atoms with van der Waals surface area (Å²) in [5, 5.41) is 9.03. The van der Waals surface area contributed by atoms with Gasteiger partial charge in [-0.3, -0.25) is 4.79 Å². The van der Waals surface area contributed by atoms with Crippen LogP contribution in [0.15, 0.2) is 12.2 Å². The number of aliphatic hydroxyl groups is 1. The van der Waals surface area contributed by atoms with Gasteiger partial charge in [0.05, 0.1) is 0 Å². The number of carbonyl (C=O) groups is 1. The fraction of sp³-hybridized carbons (Fsp3) is 0.727. The van der Waals surface area contributed by atoms with Crippen molar-refractivity contribution in [2.45, 2.75) is 27.2 Å². The molecule has 0 saturated carbocycles. The first-order valence-electron chi connectivity index (χ1n) is 5.05. The zero-order valence-electron chi connectivity index (χ0n) is 9.23. The molecule has 14 heavy (non-hydrogen) atoms. The van der Waals surface area contributed by atoms with E-state index in [0.717, 1.165) is 0 Å². The maximum absolute atomic E-state index is 10.7. The minimum Gasteiger partial charge on any atom is -0.396 e. The number of aliphatic hydroxyl groups excluding tert-OH is 1. The highest BCUT2D eigenvalue weighted by molar-refractivity contribution is 5.76. The molecule has 0 fully saturated rings. The Kier molecular flexibility index (Phi) is 6.21. The fourth-order valence-electron chi connectivity index (χ4n) is 1.07. The number of primary amides is 1. The van der Waals surface area contributed by atoms with Gasteiger partial charge in [0.15, 0.2) is 0 Å². The first-order chi connectivity index (χ1) is 6.49. The lowest BCUT2D eigenvalue weighted by Gasteiger charge is -2.13. The van der Waals surface area contributed by atoms with Crippen molar-refractivity contribution < 1.29 is 9.90 Å². The Morgan fingerprint density at radius 3 is 2.36 bits per heavy atom. The summed E-state index contributed by atoms with van der Waals surface area (Å²) in [7, 11) is 0. The number of hydrogen-bond acceptors (Lipinski definition) is 2. The highest BCUT2D eigenvalue weighted by Crippen LogP contribution is 2.12. The SMILES string of the molecule is CC(CC=C[C@@H](CO)C(C)C)C(N)=O. The average molecular weight is 199 g/mol. The van der Waals surface area contributed by atoms with E-state index in [0.29, 0.717) is 12.3 Å². The van der Waals surface area contributed by atoms with Crippen molar-refractivity contribution in [3.63, 3.8) is 0 Å². The van der Waals surface area contributed by atoms with Crippen LogP contribution in [0.5, 0.6) is 0 Å². The van der Waals surface area contributed by atoms with Crippen LogP contribution in [0.1, 0.15) is 27.2 Å². The van der Waals surface area contributed by atoms with Crippen molar-refractivity contribution >= 4 is 5.91 Å². The molecule has 3 nitrogen and oxygen atoms in total. The Balaban J connectivity index is 3.97. The molecule has 3 N–H and O–H groups in total. The summed E-state index contributed by atoms with van der Waals surface area (Å²) in [5.74, 6) is 0.188. The molecule has 3 heteroatoms. The van der Waals surface area contributed by atoms with Gasteiger partial charge in [-0.15, -0.1) is 0 Å². The Hall–Kier alpha value is -0.830. The topological polar surface area (TPSA) is 63.3 Å². The fourth-order valence-corrected chi connectivity index (χ4v) is 1.07. The molecule has 82 valence electrons. The molecule has 0 aliphatic rings. The summed E-state index contributed by atoms with van der Waals surface area (Å²) in [5.41, 5.74) is 5.12. The molecule has 0 aliphatic heterocycles. The number of allylic oxidation sites excluding steroid dienone is 1. The van der Waals surface area contributed by atoms with Crippen molar-refractivity contribution in [3.8, 4) is 0 Å². The van der Waals surface area contributed by atoms with Gasteiger partial charge in [-0.05, 0) is 12.3 Å². The number of hydrogen-bond donors (Lipinski definition) is 2. The summed E-state index contributed by atoms with van der Waals surface area (Å²) in [6.45, 7) is 6.07. The molecule has 2 atom stereocenters. The van der Waals surface area contributed by atoms with E-state index in [4.69, 9.17) is 10.8 Å². The highest BCUT2D eigenvalue weighted by atomic mass is 16.3. The smallest absolute Gasteiger partial charge is 0.220 e. The van der Waals surface area contributed by atoms with E-state index in [1.165, 1.54) is 0 Å². The molecule has 0 aromatic rings. The normalized spacial score (nSPS) is 16.1. The molecule has 0 bridgehead atoms. The van der Waals surface area contributed by atoms with E-state index >= 15 is 0 Å². The largest absolute Gasteiger partial charge is 0.396 e. The molecular weight excluding hydrogens is 178 g/mol. The lowest BCUT2D eigenvalue weighted by molar-refractivity contribution is -0.121. The van der Waals surface area contributed by atoms with Crippen LogP contribution in [0.3, 0.4) is 0 Å². The maximum Gasteiger partial charge on any atom is 0.220 e. The van der Waals surface area contributed by atoms with E-state index in [9.17, 15) is 4.79 Å². The molecule has 0 aromatic carbocycles. The lowest BCUT2D eigenvalue weighted by Crippen LogP contribution is -2.19. The predicted molar refractivity (Wildman–Crippen MR) is 57.5 cm³/mol. The van der Waals surface area contributed by atoms with Crippen molar-refractivity contribution in [1.29, 1.82) is 0 Å². The molecule has 0 rings (SSSR count). The Morgan fingerprint density at radius 2 is 2.00 bits per heavy atom. The van der Waals surface area contributed by atoms with Gasteiger partial charge in [-0.1, -0.05) is 32.9 Å². The van der Waals surface area contributed by atoms with E-state index in [2.05, 4.69) is 13.8 Å². The van der Waals surface area contributed by atoms with Crippen molar-refractivity contribution in [3.05, 3.63) is 12.2 Å². The highest BCUT2D eigenvalue weighted by Gasteiger charge is 2.09. The molecule has 0 saturated heterocycles. The summed E-state index contributed by atoms with van der Waals surface area (Å²) in [4.78, 5) is 10.7. The van der Waals surface area contributed by atoms with E-state index in [-0.39, 0.29) is 24.3 Å². The number of amides is 1. The predicted octanol–water partition coefficient (Wildman–Crippen LogP) is 1.32. The maximum atomic E-state index is 10.7. The van der Waals surface area contributed by atoms with Crippen LogP contribution in [0, 0.1) is 17.8 Å². The van der Waals surface area contributed by atoms with Crippen molar-refractivity contribution in [2.24, 2.45) is 23.5 Å². The molecule has 1 amide bonds. The van der Waals surface area contributed by atoms with Crippen LogP contribution in [0.2, 0.25) is 0 Å². The van der Waals surface area contributed by atoms with E-state index in [1.54, 1.807) is 6.92 Å². The third kappa shape index (κ3) is 5.02. The second kappa shape index (κ2) is 6.60. The van der Waals surface area contributed by atoms with Gasteiger partial charge in [-0.2, -0.15) is 0 Å². The summed E-state index contributed by atoms with van der Waals surface area (Å²) in [6.07, 6.45) is 4.54. The standard InChI is InChI=1S/C11H21NO2/c1-8(2)10(7-13)6-4-5-9(3)11(12)14/h4,6,8-10,13H,5,7H2,1-3H3,(H2,12,14)/t9?,10-/m0/s1. The van der Waals surface area contributed by atoms with E-state index in [1.807, 2.05) is 12.2 Å². The zero-order valence-corrected chi connectivity index (χ0v) is 9.23. The quantitative estimate of drug-likeness (QED) is 0.634. The van der Waals surface area contributed by atoms with Gasteiger partial charge >= 0.3 is 0 Å². The molecule has 0 heterocycles. The van der Waals surface area contributed by atoms with Gasteiger partial charge in [0.2, 0.25) is 5.91 Å². The third-order valence-corrected chi connectivity index (χ3v) is 2.43. The van der Waals surface area contributed by atoms with E-state index < -0.39 is 0 Å². The summed E-state index contributed by atoms with van der Waals surface area (Å²) < 4.78 is 0. The second-order valence-electron chi connectivity index (χ2n) is 4.06. The van der Waals surface area contributed by atoms with Crippen LogP contribution in [0.25, 0.3) is 0 Å². The summed E-state index contributed by atoms with van der Waals surface area (Å²) >= 11 is 0. The number of carbonyl (C=O) groups excluding carboxylic acids is 1. The van der Waals surface area contributed by atoms with Gasteiger partial charge in [0, 0.05) is 18.4 Å². The Labute approximate surface area is 86.0 Å². The van der Waals surface area contributed by atoms with Crippen LogP contribution in [-0.2, 0) is 4.79 Å². The first kappa shape index (κ1) is 13.2. The Bertz CT molecular complexity index is 199. The number of rotatable bonds is 6. The van der Waals surface area contributed by atoms with Crippen molar-refractivity contribution in [1.82, 2.24) is 0 Å². The minimum atomic E-state index is -0.278. The number of nitrogens with two attached hydrogens (primary N) is 1. The van der Waals surface area contributed by atoms with Crippen LogP contribution in [0.4, 0.5) is 0 Å². The third-order valence-electron chi connectivity index (χ3n) is 2.43. The Morgan fingerprint density at radius 1 is 1.43 bits per heavy atom. The van der Waals surface area contributed by atoms with Crippen molar-refractivity contribution in [2.75, 3.05) is 6.61 Å².